The molecule has 27 heavy (non-hydrogen) atoms. The fraction of sp³-hybridized carbons (Fsp3) is 0.478. The molecule has 0 radical (unpaired) electrons. The molecule has 0 heterocycles. The fourth-order valence-electron chi connectivity index (χ4n) is 2.91. The van der Waals surface area contributed by atoms with Crippen molar-refractivity contribution in [2.24, 2.45) is 0 Å². The maximum absolute atomic E-state index is 5.99. The van der Waals surface area contributed by atoms with Crippen molar-refractivity contribution in [2.75, 3.05) is 13.7 Å². The SMILES string of the molecule is CCCCCCCNCc1cc(OC)c(OCc2ccc(C)cc2)cc1Br. The van der Waals surface area contributed by atoms with Crippen molar-refractivity contribution in [3.8, 4) is 11.5 Å². The maximum atomic E-state index is 5.99. The van der Waals surface area contributed by atoms with Gasteiger partial charge in [0, 0.05) is 11.0 Å². The van der Waals surface area contributed by atoms with Crippen LogP contribution in [0, 0.1) is 6.92 Å². The second-order valence-electron chi connectivity index (χ2n) is 6.96. The second-order valence-corrected chi connectivity index (χ2v) is 7.81. The lowest BCUT2D eigenvalue weighted by Gasteiger charge is -2.15. The molecule has 3 nitrogen and oxygen atoms in total. The Balaban J connectivity index is 1.88. The van der Waals surface area contributed by atoms with Crippen LogP contribution in [-0.2, 0) is 13.2 Å². The van der Waals surface area contributed by atoms with Crippen molar-refractivity contribution in [1.29, 1.82) is 0 Å². The summed E-state index contributed by atoms with van der Waals surface area (Å²) >= 11 is 3.67. The van der Waals surface area contributed by atoms with E-state index in [0.29, 0.717) is 6.61 Å². The number of unbranched alkanes of at least 4 members (excludes halogenated alkanes) is 4. The largest absolute Gasteiger partial charge is 0.493 e. The van der Waals surface area contributed by atoms with Crippen LogP contribution in [0.1, 0.15) is 55.7 Å². The van der Waals surface area contributed by atoms with Crippen LogP contribution in [0.5, 0.6) is 11.5 Å². The molecule has 0 atom stereocenters. The monoisotopic (exact) mass is 433 g/mol. The van der Waals surface area contributed by atoms with E-state index >= 15 is 0 Å². The van der Waals surface area contributed by atoms with E-state index in [1.165, 1.54) is 43.2 Å². The number of rotatable bonds is 12. The smallest absolute Gasteiger partial charge is 0.162 e. The number of methoxy groups -OCH3 is 1. The molecule has 0 aliphatic heterocycles. The highest BCUT2D eigenvalue weighted by Crippen LogP contribution is 2.34. The average Bonchev–Trinajstić information content (AvgIpc) is 2.68. The summed E-state index contributed by atoms with van der Waals surface area (Å²) in [6.07, 6.45) is 6.50. The first-order valence-electron chi connectivity index (χ1n) is 9.89. The zero-order valence-electron chi connectivity index (χ0n) is 16.8. The number of aryl methyl sites for hydroxylation is 1. The summed E-state index contributed by atoms with van der Waals surface area (Å²) in [5, 5.41) is 3.53. The van der Waals surface area contributed by atoms with E-state index in [4.69, 9.17) is 9.47 Å². The molecule has 0 fully saturated rings. The molecular weight excluding hydrogens is 402 g/mol. The molecule has 0 saturated heterocycles. The lowest BCUT2D eigenvalue weighted by molar-refractivity contribution is 0.284. The van der Waals surface area contributed by atoms with Crippen LogP contribution < -0.4 is 14.8 Å². The number of hydrogen-bond donors (Lipinski definition) is 1. The molecule has 0 aromatic heterocycles. The lowest BCUT2D eigenvalue weighted by atomic mass is 10.1. The van der Waals surface area contributed by atoms with E-state index in [2.05, 4.69) is 65.4 Å². The Bertz CT molecular complexity index is 686. The topological polar surface area (TPSA) is 30.5 Å². The first-order valence-corrected chi connectivity index (χ1v) is 10.7. The zero-order valence-corrected chi connectivity index (χ0v) is 18.4. The summed E-state index contributed by atoms with van der Waals surface area (Å²) in [5.74, 6) is 1.53. The maximum Gasteiger partial charge on any atom is 0.162 e. The van der Waals surface area contributed by atoms with Crippen LogP contribution >= 0.6 is 15.9 Å². The number of hydrogen-bond acceptors (Lipinski definition) is 3. The first-order chi connectivity index (χ1) is 13.1. The summed E-state index contributed by atoms with van der Waals surface area (Å²) < 4.78 is 12.6. The number of benzene rings is 2. The minimum Gasteiger partial charge on any atom is -0.493 e. The minimum atomic E-state index is 0.526. The quantitative estimate of drug-likeness (QED) is 0.392. The van der Waals surface area contributed by atoms with Gasteiger partial charge in [-0.25, -0.2) is 0 Å². The molecule has 4 heteroatoms. The normalized spacial score (nSPS) is 10.8. The van der Waals surface area contributed by atoms with E-state index in [9.17, 15) is 0 Å². The van der Waals surface area contributed by atoms with Gasteiger partial charge in [-0.1, -0.05) is 78.4 Å². The Labute approximate surface area is 172 Å². The van der Waals surface area contributed by atoms with Crippen LogP contribution in [0.15, 0.2) is 40.9 Å². The molecule has 2 aromatic rings. The summed E-state index contributed by atoms with van der Waals surface area (Å²) in [6, 6.07) is 12.4. The first kappa shape index (κ1) is 21.8. The van der Waals surface area contributed by atoms with E-state index in [-0.39, 0.29) is 0 Å². The summed E-state index contributed by atoms with van der Waals surface area (Å²) in [7, 11) is 1.69. The van der Waals surface area contributed by atoms with Crippen LogP contribution in [-0.4, -0.2) is 13.7 Å². The van der Waals surface area contributed by atoms with E-state index in [1.807, 2.05) is 6.07 Å². The summed E-state index contributed by atoms with van der Waals surface area (Å²) in [5.41, 5.74) is 3.58. The van der Waals surface area contributed by atoms with Crippen molar-refractivity contribution in [3.05, 3.63) is 57.6 Å². The Morgan fingerprint density at radius 3 is 2.41 bits per heavy atom. The van der Waals surface area contributed by atoms with Gasteiger partial charge in [0.1, 0.15) is 6.61 Å². The Morgan fingerprint density at radius 1 is 0.963 bits per heavy atom. The summed E-state index contributed by atoms with van der Waals surface area (Å²) in [6.45, 7) is 6.73. The van der Waals surface area contributed by atoms with Gasteiger partial charge in [0.05, 0.1) is 7.11 Å². The average molecular weight is 434 g/mol. The van der Waals surface area contributed by atoms with E-state index in [1.54, 1.807) is 7.11 Å². The van der Waals surface area contributed by atoms with Crippen molar-refractivity contribution in [1.82, 2.24) is 5.32 Å². The van der Waals surface area contributed by atoms with Gasteiger partial charge in [-0.05, 0) is 43.1 Å². The molecule has 0 aliphatic carbocycles. The number of nitrogens with one attached hydrogen (secondary N) is 1. The predicted octanol–water partition coefficient (Wildman–Crippen LogP) is 6.41. The van der Waals surface area contributed by atoms with Crippen molar-refractivity contribution in [3.63, 3.8) is 0 Å². The van der Waals surface area contributed by atoms with Crippen molar-refractivity contribution >= 4 is 15.9 Å². The van der Waals surface area contributed by atoms with Crippen LogP contribution in [0.3, 0.4) is 0 Å². The predicted molar refractivity (Wildman–Crippen MR) is 117 cm³/mol. The van der Waals surface area contributed by atoms with Crippen LogP contribution in [0.2, 0.25) is 0 Å². The third-order valence-corrected chi connectivity index (χ3v) is 5.36. The van der Waals surface area contributed by atoms with E-state index < -0.39 is 0 Å². The van der Waals surface area contributed by atoms with Crippen LogP contribution in [0.25, 0.3) is 0 Å². The molecule has 148 valence electrons. The fourth-order valence-corrected chi connectivity index (χ4v) is 3.37. The highest BCUT2D eigenvalue weighted by molar-refractivity contribution is 9.10. The van der Waals surface area contributed by atoms with Crippen LogP contribution in [0.4, 0.5) is 0 Å². The Morgan fingerprint density at radius 2 is 1.70 bits per heavy atom. The van der Waals surface area contributed by atoms with Crippen molar-refractivity contribution in [2.45, 2.75) is 59.1 Å². The lowest BCUT2D eigenvalue weighted by Crippen LogP contribution is -2.15. The molecule has 0 saturated carbocycles. The number of halogens is 1. The Hall–Kier alpha value is -1.52. The number of ether oxygens (including phenoxy) is 2. The van der Waals surface area contributed by atoms with E-state index in [0.717, 1.165) is 34.6 Å². The van der Waals surface area contributed by atoms with Gasteiger partial charge in [0.25, 0.3) is 0 Å². The molecule has 0 amide bonds. The standard InChI is InChI=1S/C23H32BrNO2/c1-4-5-6-7-8-13-25-16-20-14-22(26-3)23(15-21(20)24)27-17-19-11-9-18(2)10-12-19/h9-12,14-15,25H,4-8,13,16-17H2,1-3H3. The molecule has 2 rings (SSSR count). The molecule has 1 N–H and O–H groups in total. The highest BCUT2D eigenvalue weighted by atomic mass is 79.9. The van der Waals surface area contributed by atoms with Gasteiger partial charge in [-0.2, -0.15) is 0 Å². The molecule has 0 spiro atoms. The van der Waals surface area contributed by atoms with Gasteiger partial charge in [-0.15, -0.1) is 0 Å². The molecule has 0 unspecified atom stereocenters. The van der Waals surface area contributed by atoms with Gasteiger partial charge >= 0.3 is 0 Å². The third-order valence-electron chi connectivity index (χ3n) is 4.62. The molecule has 0 aliphatic rings. The van der Waals surface area contributed by atoms with Gasteiger partial charge in [0.15, 0.2) is 11.5 Å². The molecule has 2 aromatic carbocycles. The third kappa shape index (κ3) is 7.55. The van der Waals surface area contributed by atoms with Crippen molar-refractivity contribution < 1.29 is 9.47 Å². The second kappa shape index (κ2) is 12.0. The minimum absolute atomic E-state index is 0.526. The van der Waals surface area contributed by atoms with Gasteiger partial charge < -0.3 is 14.8 Å². The zero-order chi connectivity index (χ0) is 19.5. The molecule has 0 bridgehead atoms. The highest BCUT2D eigenvalue weighted by Gasteiger charge is 2.10. The molecular formula is C23H32BrNO2. The van der Waals surface area contributed by atoms with Gasteiger partial charge in [-0.3, -0.25) is 0 Å². The van der Waals surface area contributed by atoms with Gasteiger partial charge in [0.2, 0.25) is 0 Å². The summed E-state index contributed by atoms with van der Waals surface area (Å²) in [4.78, 5) is 0. The Kier molecular flexibility index (Phi) is 9.71.